The summed E-state index contributed by atoms with van der Waals surface area (Å²) < 4.78 is 13.2. The zero-order chi connectivity index (χ0) is 25.5. The lowest BCUT2D eigenvalue weighted by atomic mass is 10.1. The average Bonchev–Trinajstić information content (AvgIpc) is 2.83. The van der Waals surface area contributed by atoms with Crippen molar-refractivity contribution in [3.63, 3.8) is 0 Å². The molecule has 0 aromatic heterocycles. The Morgan fingerprint density at radius 3 is 2.20 bits per heavy atom. The third-order valence-corrected chi connectivity index (χ3v) is 5.96. The van der Waals surface area contributed by atoms with E-state index in [1.54, 1.807) is 38.1 Å². The second kappa shape index (κ2) is 11.8. The summed E-state index contributed by atoms with van der Waals surface area (Å²) in [5, 5.41) is 5.76. The van der Waals surface area contributed by atoms with Gasteiger partial charge in [-0.2, -0.15) is 0 Å². The van der Waals surface area contributed by atoms with Crippen LogP contribution in [0.2, 0.25) is 0 Å². The highest BCUT2D eigenvalue weighted by Crippen LogP contribution is 2.26. The maximum absolute atomic E-state index is 13.2. The molecular formula is C27H35FN4O3. The topological polar surface area (TPSA) is 81.8 Å². The molecule has 1 aliphatic heterocycles. The first-order valence-electron chi connectivity index (χ1n) is 12.1. The summed E-state index contributed by atoms with van der Waals surface area (Å²) in [6.45, 7) is 10.3. The van der Waals surface area contributed by atoms with Crippen LogP contribution in [-0.2, 0) is 16.1 Å². The maximum Gasteiger partial charge on any atom is 0.253 e. The summed E-state index contributed by atoms with van der Waals surface area (Å²) in [6.07, 6.45) is 0.529. The standard InChI is InChI=1S/C27H35FN4O3/c1-18(2)15-25(33)32-13-11-31(12-14-32)24-10-9-22(30-26(34)19(3)4)16-23(24)27(35)29-17-20-5-7-21(28)8-6-20/h5-10,16,18-19H,11-15,17H2,1-4H3,(H,29,35)(H,30,34). The minimum atomic E-state index is -0.332. The number of halogens is 1. The number of nitrogens with zero attached hydrogens (tertiary/aromatic N) is 2. The molecule has 0 atom stereocenters. The average molecular weight is 483 g/mol. The number of carbonyl (C=O) groups is 3. The first kappa shape index (κ1) is 26.2. The van der Waals surface area contributed by atoms with Crippen molar-refractivity contribution in [3.8, 4) is 0 Å². The summed E-state index contributed by atoms with van der Waals surface area (Å²) in [5.41, 5.74) is 2.52. The van der Waals surface area contributed by atoms with Crippen molar-refractivity contribution in [1.29, 1.82) is 0 Å². The van der Waals surface area contributed by atoms with Crippen LogP contribution in [0.15, 0.2) is 42.5 Å². The molecule has 1 fully saturated rings. The van der Waals surface area contributed by atoms with E-state index in [-0.39, 0.29) is 36.0 Å². The molecule has 7 nitrogen and oxygen atoms in total. The minimum absolute atomic E-state index is 0.132. The molecule has 0 unspecified atom stereocenters. The fourth-order valence-corrected chi connectivity index (χ4v) is 3.91. The predicted octanol–water partition coefficient (Wildman–Crippen LogP) is 4.04. The second-order valence-corrected chi connectivity index (χ2v) is 9.65. The number of amides is 3. The molecule has 2 N–H and O–H groups in total. The van der Waals surface area contributed by atoms with Crippen LogP contribution in [0.5, 0.6) is 0 Å². The smallest absolute Gasteiger partial charge is 0.253 e. The molecule has 35 heavy (non-hydrogen) atoms. The van der Waals surface area contributed by atoms with E-state index in [0.29, 0.717) is 49.8 Å². The lowest BCUT2D eigenvalue weighted by Gasteiger charge is -2.37. The van der Waals surface area contributed by atoms with Gasteiger partial charge in [-0.05, 0) is 41.8 Å². The van der Waals surface area contributed by atoms with Crippen LogP contribution in [-0.4, -0.2) is 48.8 Å². The van der Waals surface area contributed by atoms with Crippen molar-refractivity contribution in [1.82, 2.24) is 10.2 Å². The van der Waals surface area contributed by atoms with Gasteiger partial charge in [0.15, 0.2) is 0 Å². The highest BCUT2D eigenvalue weighted by atomic mass is 19.1. The summed E-state index contributed by atoms with van der Waals surface area (Å²) in [5.74, 6) is -0.478. The molecule has 3 amide bonds. The molecular weight excluding hydrogens is 447 g/mol. The molecule has 2 aromatic rings. The van der Waals surface area contributed by atoms with Crippen molar-refractivity contribution in [2.45, 2.75) is 40.7 Å². The second-order valence-electron chi connectivity index (χ2n) is 9.65. The Kier molecular flexibility index (Phi) is 8.84. The fraction of sp³-hybridized carbons (Fsp3) is 0.444. The summed E-state index contributed by atoms with van der Waals surface area (Å²) >= 11 is 0. The summed E-state index contributed by atoms with van der Waals surface area (Å²) in [7, 11) is 0. The van der Waals surface area contributed by atoms with Crippen molar-refractivity contribution < 1.29 is 18.8 Å². The van der Waals surface area contributed by atoms with Crippen LogP contribution in [0.3, 0.4) is 0 Å². The molecule has 0 bridgehead atoms. The maximum atomic E-state index is 13.2. The van der Waals surface area contributed by atoms with Gasteiger partial charge in [-0.15, -0.1) is 0 Å². The van der Waals surface area contributed by atoms with E-state index in [2.05, 4.69) is 15.5 Å². The molecule has 0 aliphatic carbocycles. The Morgan fingerprint density at radius 2 is 1.60 bits per heavy atom. The quantitative estimate of drug-likeness (QED) is 0.595. The molecule has 8 heteroatoms. The number of benzene rings is 2. The van der Waals surface area contributed by atoms with Gasteiger partial charge in [-0.3, -0.25) is 14.4 Å². The van der Waals surface area contributed by atoms with Gasteiger partial charge in [0.25, 0.3) is 5.91 Å². The van der Waals surface area contributed by atoms with Crippen molar-refractivity contribution in [2.24, 2.45) is 11.8 Å². The highest BCUT2D eigenvalue weighted by molar-refractivity contribution is 6.02. The number of rotatable bonds is 8. The van der Waals surface area contributed by atoms with E-state index in [1.165, 1.54) is 12.1 Å². The van der Waals surface area contributed by atoms with E-state index in [9.17, 15) is 18.8 Å². The third-order valence-electron chi connectivity index (χ3n) is 5.96. The molecule has 3 rings (SSSR count). The Morgan fingerprint density at radius 1 is 0.943 bits per heavy atom. The molecule has 1 saturated heterocycles. The number of carbonyl (C=O) groups excluding carboxylic acids is 3. The molecule has 1 aliphatic rings. The van der Waals surface area contributed by atoms with Crippen molar-refractivity contribution in [3.05, 3.63) is 59.4 Å². The fourth-order valence-electron chi connectivity index (χ4n) is 3.91. The van der Waals surface area contributed by atoms with Gasteiger partial charge >= 0.3 is 0 Å². The molecule has 2 aromatic carbocycles. The van der Waals surface area contributed by atoms with Gasteiger partial charge in [-0.1, -0.05) is 39.8 Å². The van der Waals surface area contributed by atoms with Crippen LogP contribution >= 0.6 is 0 Å². The third kappa shape index (κ3) is 7.28. The Hall–Kier alpha value is -3.42. The van der Waals surface area contributed by atoms with Crippen LogP contribution in [0.1, 0.15) is 50.0 Å². The van der Waals surface area contributed by atoms with E-state index >= 15 is 0 Å². The molecule has 0 radical (unpaired) electrons. The zero-order valence-electron chi connectivity index (χ0n) is 20.9. The molecule has 1 heterocycles. The predicted molar refractivity (Wildman–Crippen MR) is 136 cm³/mol. The van der Waals surface area contributed by atoms with Gasteiger partial charge in [-0.25, -0.2) is 4.39 Å². The first-order valence-corrected chi connectivity index (χ1v) is 12.1. The van der Waals surface area contributed by atoms with Gasteiger partial charge < -0.3 is 20.4 Å². The van der Waals surface area contributed by atoms with Crippen LogP contribution in [0, 0.1) is 17.7 Å². The van der Waals surface area contributed by atoms with Gasteiger partial charge in [0.1, 0.15) is 5.82 Å². The van der Waals surface area contributed by atoms with Crippen molar-refractivity contribution in [2.75, 3.05) is 36.4 Å². The summed E-state index contributed by atoms with van der Waals surface area (Å²) in [4.78, 5) is 41.9. The zero-order valence-corrected chi connectivity index (χ0v) is 20.9. The number of hydrogen-bond acceptors (Lipinski definition) is 4. The number of anilines is 2. The monoisotopic (exact) mass is 482 g/mol. The minimum Gasteiger partial charge on any atom is -0.367 e. The van der Waals surface area contributed by atoms with Crippen LogP contribution < -0.4 is 15.5 Å². The normalized spacial score (nSPS) is 13.8. The lowest BCUT2D eigenvalue weighted by molar-refractivity contribution is -0.132. The summed E-state index contributed by atoms with van der Waals surface area (Å²) in [6, 6.07) is 11.3. The van der Waals surface area contributed by atoms with Gasteiger partial charge in [0, 0.05) is 56.4 Å². The van der Waals surface area contributed by atoms with Gasteiger partial charge in [0.2, 0.25) is 11.8 Å². The molecule has 0 saturated carbocycles. The van der Waals surface area contributed by atoms with E-state index < -0.39 is 0 Å². The molecule has 0 spiro atoms. The molecule has 188 valence electrons. The number of nitrogens with one attached hydrogen (secondary N) is 2. The Labute approximate surface area is 206 Å². The number of hydrogen-bond donors (Lipinski definition) is 2. The Bertz CT molecular complexity index is 1040. The van der Waals surface area contributed by atoms with Crippen LogP contribution in [0.4, 0.5) is 15.8 Å². The SMILES string of the molecule is CC(C)CC(=O)N1CCN(c2ccc(NC(=O)C(C)C)cc2C(=O)NCc2ccc(F)cc2)CC1. The lowest BCUT2D eigenvalue weighted by Crippen LogP contribution is -2.49. The van der Waals surface area contributed by atoms with E-state index in [0.717, 1.165) is 11.3 Å². The Balaban J connectivity index is 1.78. The first-order chi connectivity index (χ1) is 16.6. The highest BCUT2D eigenvalue weighted by Gasteiger charge is 2.25. The van der Waals surface area contributed by atoms with Crippen LogP contribution in [0.25, 0.3) is 0 Å². The largest absolute Gasteiger partial charge is 0.367 e. The van der Waals surface area contributed by atoms with Gasteiger partial charge in [0.05, 0.1) is 5.56 Å². The number of piperazine rings is 1. The van der Waals surface area contributed by atoms with E-state index in [4.69, 9.17) is 0 Å². The van der Waals surface area contributed by atoms with E-state index in [1.807, 2.05) is 24.8 Å². The van der Waals surface area contributed by atoms with Crippen molar-refractivity contribution >= 4 is 29.1 Å².